The zero-order chi connectivity index (χ0) is 20.1. The van der Waals surface area contributed by atoms with Gasteiger partial charge in [-0.05, 0) is 32.8 Å². The van der Waals surface area contributed by atoms with Crippen LogP contribution in [0.2, 0.25) is 0 Å². The zero-order valence-corrected chi connectivity index (χ0v) is 17.0. The van der Waals surface area contributed by atoms with Crippen molar-refractivity contribution in [3.63, 3.8) is 0 Å². The van der Waals surface area contributed by atoms with Crippen LogP contribution in [0.5, 0.6) is 0 Å². The summed E-state index contributed by atoms with van der Waals surface area (Å²) in [6.07, 6.45) is 3.78. The van der Waals surface area contributed by atoms with E-state index in [0.29, 0.717) is 36.0 Å². The van der Waals surface area contributed by atoms with Crippen LogP contribution in [-0.4, -0.2) is 47.3 Å². The number of carbonyl (C=O) groups is 2. The molecule has 1 aliphatic rings. The molecule has 3 heterocycles. The third-order valence-electron chi connectivity index (χ3n) is 4.64. The van der Waals surface area contributed by atoms with Crippen molar-refractivity contribution in [1.29, 1.82) is 0 Å². The van der Waals surface area contributed by atoms with Gasteiger partial charge in [0.25, 0.3) is 5.91 Å². The lowest BCUT2D eigenvalue weighted by molar-refractivity contribution is 0.0526. The first kappa shape index (κ1) is 20.3. The fourth-order valence-corrected chi connectivity index (χ4v) is 3.96. The lowest BCUT2D eigenvalue weighted by Crippen LogP contribution is -2.24. The topological polar surface area (TPSA) is 82.5 Å². The van der Waals surface area contributed by atoms with Gasteiger partial charge in [0.15, 0.2) is 0 Å². The van der Waals surface area contributed by atoms with Crippen molar-refractivity contribution in [2.45, 2.75) is 39.3 Å². The maximum Gasteiger partial charge on any atom is 0.367 e. The van der Waals surface area contributed by atoms with E-state index in [2.05, 4.69) is 21.4 Å². The van der Waals surface area contributed by atoms with Crippen LogP contribution in [0.4, 0.5) is 0 Å². The summed E-state index contributed by atoms with van der Waals surface area (Å²) in [5.41, 5.74) is 2.87. The first-order valence-electron chi connectivity index (χ1n) is 9.39. The summed E-state index contributed by atoms with van der Waals surface area (Å²) in [5, 5.41) is 4.94. The number of esters is 1. The summed E-state index contributed by atoms with van der Waals surface area (Å²) in [5.74, 6) is -0.595. The van der Waals surface area contributed by atoms with Gasteiger partial charge < -0.3 is 19.4 Å². The molecule has 1 N–H and O–H groups in total. The smallest absolute Gasteiger partial charge is 0.367 e. The van der Waals surface area contributed by atoms with E-state index in [9.17, 15) is 9.59 Å². The lowest BCUT2D eigenvalue weighted by Gasteiger charge is -2.15. The van der Waals surface area contributed by atoms with Gasteiger partial charge in [-0.15, -0.1) is 17.9 Å². The number of amides is 1. The molecule has 0 aliphatic carbocycles. The number of nitrogens with zero attached hydrogens (tertiary/aromatic N) is 2. The van der Waals surface area contributed by atoms with Crippen LogP contribution in [0.25, 0.3) is 11.4 Å². The second kappa shape index (κ2) is 9.16. The van der Waals surface area contributed by atoms with Gasteiger partial charge >= 0.3 is 5.97 Å². The molecule has 2 aromatic heterocycles. The normalized spacial score (nSPS) is 16.1. The molecule has 150 valence electrons. The second-order valence-electron chi connectivity index (χ2n) is 6.53. The fraction of sp³-hybridized carbons (Fsp3) is 0.450. The monoisotopic (exact) mass is 403 g/mol. The molecule has 0 saturated carbocycles. The van der Waals surface area contributed by atoms with Crippen LogP contribution in [0, 0.1) is 6.92 Å². The van der Waals surface area contributed by atoms with E-state index in [-0.39, 0.29) is 12.0 Å². The van der Waals surface area contributed by atoms with Crippen LogP contribution in [0.1, 0.15) is 45.6 Å². The van der Waals surface area contributed by atoms with Crippen LogP contribution in [-0.2, 0) is 16.0 Å². The van der Waals surface area contributed by atoms with Gasteiger partial charge in [-0.3, -0.25) is 4.79 Å². The van der Waals surface area contributed by atoms with Gasteiger partial charge in [0.2, 0.25) is 5.01 Å². The molecule has 2 aromatic rings. The van der Waals surface area contributed by atoms with Crippen molar-refractivity contribution in [3.8, 4) is 11.4 Å². The summed E-state index contributed by atoms with van der Waals surface area (Å²) in [4.78, 5) is 29.0. The Morgan fingerprint density at radius 1 is 1.54 bits per heavy atom. The highest BCUT2D eigenvalue weighted by Gasteiger charge is 2.24. The third kappa shape index (κ3) is 4.34. The van der Waals surface area contributed by atoms with Gasteiger partial charge in [0.1, 0.15) is 0 Å². The SMILES string of the molecule is C=CCNC(=O)c1cc(-c2csc(C(=O)OCC)n2)n(CC2CCCO2)c1C. The van der Waals surface area contributed by atoms with E-state index in [1.807, 2.05) is 18.4 Å². The predicted octanol–water partition coefficient (Wildman–Crippen LogP) is 3.19. The molecule has 1 amide bonds. The Balaban J connectivity index is 1.96. The van der Waals surface area contributed by atoms with Crippen LogP contribution in [0.15, 0.2) is 24.1 Å². The van der Waals surface area contributed by atoms with Gasteiger partial charge in [-0.1, -0.05) is 6.08 Å². The minimum atomic E-state index is -0.434. The summed E-state index contributed by atoms with van der Waals surface area (Å²) >= 11 is 1.24. The van der Waals surface area contributed by atoms with Gasteiger partial charge in [0.05, 0.1) is 29.7 Å². The second-order valence-corrected chi connectivity index (χ2v) is 7.39. The number of rotatable bonds is 8. The summed E-state index contributed by atoms with van der Waals surface area (Å²) < 4.78 is 12.9. The maximum absolute atomic E-state index is 12.6. The highest BCUT2D eigenvalue weighted by molar-refractivity contribution is 7.11. The molecular formula is C20H25N3O4S. The molecule has 1 atom stereocenters. The lowest BCUT2D eigenvalue weighted by atomic mass is 10.2. The summed E-state index contributed by atoms with van der Waals surface area (Å²) in [7, 11) is 0. The van der Waals surface area contributed by atoms with Gasteiger partial charge in [-0.25, -0.2) is 9.78 Å². The Labute approximate surface area is 168 Å². The Hall–Kier alpha value is -2.45. The molecule has 1 aliphatic heterocycles. The van der Waals surface area contributed by atoms with Crippen molar-refractivity contribution in [1.82, 2.24) is 14.9 Å². The number of ether oxygens (including phenoxy) is 2. The van der Waals surface area contributed by atoms with Crippen molar-refractivity contribution in [3.05, 3.63) is 40.4 Å². The highest BCUT2D eigenvalue weighted by atomic mass is 32.1. The van der Waals surface area contributed by atoms with Crippen molar-refractivity contribution >= 4 is 23.2 Å². The number of thiazole rings is 1. The average Bonchev–Trinajstić information content (AvgIpc) is 3.42. The Kier molecular flexibility index (Phi) is 6.64. The van der Waals surface area contributed by atoms with Crippen molar-refractivity contribution < 1.29 is 19.1 Å². The molecule has 0 spiro atoms. The van der Waals surface area contributed by atoms with E-state index in [1.54, 1.807) is 13.0 Å². The molecule has 3 rings (SSSR count). The molecule has 0 radical (unpaired) electrons. The number of aromatic nitrogens is 2. The van der Waals surface area contributed by atoms with Crippen LogP contribution in [0.3, 0.4) is 0 Å². The molecule has 7 nitrogen and oxygen atoms in total. The third-order valence-corrected chi connectivity index (χ3v) is 5.47. The van der Waals surface area contributed by atoms with E-state index < -0.39 is 5.97 Å². The Morgan fingerprint density at radius 3 is 3.04 bits per heavy atom. The molecule has 28 heavy (non-hydrogen) atoms. The minimum absolute atomic E-state index is 0.108. The maximum atomic E-state index is 12.6. The number of hydrogen-bond acceptors (Lipinski definition) is 6. The van der Waals surface area contributed by atoms with Crippen LogP contribution >= 0.6 is 11.3 Å². The molecular weight excluding hydrogens is 378 g/mol. The summed E-state index contributed by atoms with van der Waals surface area (Å²) in [6.45, 7) is 9.41. The molecule has 8 heteroatoms. The zero-order valence-electron chi connectivity index (χ0n) is 16.2. The molecule has 0 aromatic carbocycles. The first-order valence-corrected chi connectivity index (χ1v) is 10.3. The van der Waals surface area contributed by atoms with Crippen LogP contribution < -0.4 is 5.32 Å². The van der Waals surface area contributed by atoms with Crippen molar-refractivity contribution in [2.24, 2.45) is 0 Å². The van der Waals surface area contributed by atoms with E-state index in [4.69, 9.17) is 9.47 Å². The van der Waals surface area contributed by atoms with Gasteiger partial charge in [-0.2, -0.15) is 0 Å². The quantitative estimate of drug-likeness (QED) is 0.541. The van der Waals surface area contributed by atoms with E-state index >= 15 is 0 Å². The first-order chi connectivity index (χ1) is 13.5. The molecule has 1 saturated heterocycles. The Morgan fingerprint density at radius 2 is 2.36 bits per heavy atom. The average molecular weight is 404 g/mol. The van der Waals surface area contributed by atoms with E-state index in [1.165, 1.54) is 11.3 Å². The molecule has 1 unspecified atom stereocenters. The minimum Gasteiger partial charge on any atom is -0.461 e. The number of carbonyl (C=O) groups excluding carboxylic acids is 2. The standard InChI is InChI=1S/C20H25N3O4S/c1-4-8-21-18(24)15-10-17(16-12-28-19(22-16)20(25)26-5-2)23(13(15)3)11-14-7-6-9-27-14/h4,10,12,14H,1,5-9,11H2,2-3H3,(H,21,24). The fourth-order valence-electron chi connectivity index (χ4n) is 3.25. The number of hydrogen-bond donors (Lipinski definition) is 1. The van der Waals surface area contributed by atoms with Gasteiger partial charge in [0, 0.05) is 30.8 Å². The highest BCUT2D eigenvalue weighted by Crippen LogP contribution is 2.29. The largest absolute Gasteiger partial charge is 0.461 e. The van der Waals surface area contributed by atoms with E-state index in [0.717, 1.165) is 30.8 Å². The Bertz CT molecular complexity index is 865. The molecule has 0 bridgehead atoms. The predicted molar refractivity (Wildman–Crippen MR) is 108 cm³/mol. The number of nitrogens with one attached hydrogen (secondary N) is 1. The molecule has 1 fully saturated rings. The van der Waals surface area contributed by atoms with Crippen molar-refractivity contribution in [2.75, 3.05) is 19.8 Å². The summed E-state index contributed by atoms with van der Waals surface area (Å²) in [6, 6.07) is 1.83.